The van der Waals surface area contributed by atoms with Crippen molar-refractivity contribution >= 4 is 29.3 Å². The van der Waals surface area contributed by atoms with Gasteiger partial charge in [0.15, 0.2) is 0 Å². The van der Waals surface area contributed by atoms with Crippen LogP contribution >= 0.6 is 11.6 Å². The summed E-state index contributed by atoms with van der Waals surface area (Å²) in [7, 11) is 0. The molecule has 1 aromatic rings. The van der Waals surface area contributed by atoms with Crippen LogP contribution < -0.4 is 15.4 Å². The highest BCUT2D eigenvalue weighted by atomic mass is 35.5. The molecule has 0 radical (unpaired) electrons. The Morgan fingerprint density at radius 1 is 1.36 bits per heavy atom. The fraction of sp³-hybridized carbons (Fsp3) is 0.467. The van der Waals surface area contributed by atoms with Gasteiger partial charge in [-0.1, -0.05) is 11.6 Å². The van der Waals surface area contributed by atoms with Crippen LogP contribution in [0.5, 0.6) is 5.75 Å². The number of anilines is 1. The van der Waals surface area contributed by atoms with Gasteiger partial charge < -0.3 is 20.5 Å². The Morgan fingerprint density at radius 3 is 2.64 bits per heavy atom. The maximum Gasteiger partial charge on any atom is 0.319 e. The van der Waals surface area contributed by atoms with Crippen LogP contribution in [0.15, 0.2) is 18.2 Å². The van der Waals surface area contributed by atoms with E-state index in [-0.39, 0.29) is 6.42 Å². The van der Waals surface area contributed by atoms with E-state index in [1.807, 2.05) is 6.92 Å². The third-order valence-electron chi connectivity index (χ3n) is 2.91. The minimum atomic E-state index is -0.900. The maximum atomic E-state index is 12.0. The summed E-state index contributed by atoms with van der Waals surface area (Å²) in [6.45, 7) is 5.89. The average Bonchev–Trinajstić information content (AvgIpc) is 2.40. The number of nitrogens with one attached hydrogen (secondary N) is 2. The standard InChI is InChI=1S/C15H21ClN2O4/c1-4-22-10-5-6-11(16)12(9-10)17-14(21)18-15(2,3)8-7-13(19)20/h5-6,9H,4,7-8H2,1-3H3,(H,19,20)(H2,17,18,21). The Bertz CT molecular complexity index is 546. The van der Waals surface area contributed by atoms with Gasteiger partial charge in [-0.05, 0) is 39.3 Å². The number of hydrogen-bond acceptors (Lipinski definition) is 3. The molecule has 0 aliphatic heterocycles. The topological polar surface area (TPSA) is 87.7 Å². The summed E-state index contributed by atoms with van der Waals surface area (Å²) in [5, 5.41) is 14.5. The van der Waals surface area contributed by atoms with Gasteiger partial charge in [0.25, 0.3) is 0 Å². The van der Waals surface area contributed by atoms with Crippen LogP contribution in [0.25, 0.3) is 0 Å². The quantitative estimate of drug-likeness (QED) is 0.714. The van der Waals surface area contributed by atoms with E-state index in [1.165, 1.54) is 0 Å². The fourth-order valence-electron chi connectivity index (χ4n) is 1.80. The zero-order valence-electron chi connectivity index (χ0n) is 12.9. The largest absolute Gasteiger partial charge is 0.494 e. The van der Waals surface area contributed by atoms with Crippen molar-refractivity contribution in [3.8, 4) is 5.75 Å². The highest BCUT2D eigenvalue weighted by molar-refractivity contribution is 6.33. The van der Waals surface area contributed by atoms with Crippen molar-refractivity contribution < 1.29 is 19.4 Å². The molecule has 0 bridgehead atoms. The number of carboxylic acids is 1. The van der Waals surface area contributed by atoms with E-state index in [4.69, 9.17) is 21.4 Å². The molecule has 0 unspecified atom stereocenters. The molecule has 1 rings (SSSR count). The lowest BCUT2D eigenvalue weighted by molar-refractivity contribution is -0.137. The lowest BCUT2D eigenvalue weighted by Gasteiger charge is -2.25. The molecule has 0 fully saturated rings. The normalized spacial score (nSPS) is 10.9. The molecule has 2 amide bonds. The first-order chi connectivity index (χ1) is 10.2. The van der Waals surface area contributed by atoms with E-state index in [1.54, 1.807) is 32.0 Å². The number of halogens is 1. The predicted octanol–water partition coefficient (Wildman–Crippen LogP) is 3.50. The van der Waals surface area contributed by atoms with Crippen molar-refractivity contribution in [2.24, 2.45) is 0 Å². The number of carbonyl (C=O) groups is 2. The van der Waals surface area contributed by atoms with Crippen LogP contribution in [0.1, 0.15) is 33.6 Å². The number of urea groups is 1. The highest BCUT2D eigenvalue weighted by Gasteiger charge is 2.22. The summed E-state index contributed by atoms with van der Waals surface area (Å²) < 4.78 is 5.35. The zero-order chi connectivity index (χ0) is 16.8. The molecule has 0 aromatic heterocycles. The molecule has 0 aliphatic carbocycles. The zero-order valence-corrected chi connectivity index (χ0v) is 13.7. The van der Waals surface area contributed by atoms with Crippen molar-refractivity contribution in [1.82, 2.24) is 5.32 Å². The molecule has 0 aliphatic rings. The minimum absolute atomic E-state index is 0.0200. The van der Waals surface area contributed by atoms with Gasteiger partial charge in [-0.2, -0.15) is 0 Å². The maximum absolute atomic E-state index is 12.0. The van der Waals surface area contributed by atoms with Crippen molar-refractivity contribution in [2.75, 3.05) is 11.9 Å². The summed E-state index contributed by atoms with van der Waals surface area (Å²) in [5.41, 5.74) is -0.217. The van der Waals surface area contributed by atoms with E-state index in [2.05, 4.69) is 10.6 Å². The van der Waals surface area contributed by atoms with Gasteiger partial charge in [-0.25, -0.2) is 4.79 Å². The third-order valence-corrected chi connectivity index (χ3v) is 3.24. The molecule has 1 aromatic carbocycles. The van der Waals surface area contributed by atoms with E-state index >= 15 is 0 Å². The fourth-order valence-corrected chi connectivity index (χ4v) is 1.96. The van der Waals surface area contributed by atoms with Gasteiger partial charge in [-0.15, -0.1) is 0 Å². The molecule has 0 saturated heterocycles. The first-order valence-electron chi connectivity index (χ1n) is 6.97. The molecule has 22 heavy (non-hydrogen) atoms. The minimum Gasteiger partial charge on any atom is -0.494 e. The second kappa shape index (κ2) is 7.89. The van der Waals surface area contributed by atoms with Gasteiger partial charge in [0.05, 0.1) is 17.3 Å². The van der Waals surface area contributed by atoms with Crippen LogP contribution in [-0.2, 0) is 4.79 Å². The number of aliphatic carboxylic acids is 1. The molecular formula is C15H21ClN2O4. The third kappa shape index (κ3) is 6.22. The van der Waals surface area contributed by atoms with Crippen molar-refractivity contribution in [2.45, 2.75) is 39.2 Å². The number of carbonyl (C=O) groups excluding carboxylic acids is 1. The number of amides is 2. The van der Waals surface area contributed by atoms with Crippen LogP contribution in [0.4, 0.5) is 10.5 Å². The van der Waals surface area contributed by atoms with E-state index in [0.717, 1.165) is 0 Å². The van der Waals surface area contributed by atoms with Crippen LogP contribution in [0.3, 0.4) is 0 Å². The Hall–Kier alpha value is -1.95. The van der Waals surface area contributed by atoms with Gasteiger partial charge in [0, 0.05) is 18.0 Å². The lowest BCUT2D eigenvalue weighted by Crippen LogP contribution is -2.45. The number of hydrogen-bond donors (Lipinski definition) is 3. The molecule has 0 spiro atoms. The Balaban J connectivity index is 2.68. The molecule has 0 heterocycles. The molecule has 7 heteroatoms. The lowest BCUT2D eigenvalue weighted by atomic mass is 9.99. The first kappa shape index (κ1) is 18.1. The number of carboxylic acid groups (broad SMARTS) is 1. The van der Waals surface area contributed by atoms with Crippen molar-refractivity contribution in [3.05, 3.63) is 23.2 Å². The second-order valence-corrected chi connectivity index (χ2v) is 5.84. The Kier molecular flexibility index (Phi) is 6.49. The van der Waals surface area contributed by atoms with Crippen LogP contribution in [-0.4, -0.2) is 29.3 Å². The van der Waals surface area contributed by atoms with Gasteiger partial charge in [-0.3, -0.25) is 4.79 Å². The SMILES string of the molecule is CCOc1ccc(Cl)c(NC(=O)NC(C)(C)CCC(=O)O)c1. The summed E-state index contributed by atoms with van der Waals surface area (Å²) in [6.07, 6.45) is 0.302. The smallest absolute Gasteiger partial charge is 0.319 e. The van der Waals surface area contributed by atoms with Crippen molar-refractivity contribution in [3.63, 3.8) is 0 Å². The summed E-state index contributed by atoms with van der Waals surface area (Å²) in [5.74, 6) is -0.296. The highest BCUT2D eigenvalue weighted by Crippen LogP contribution is 2.27. The number of rotatable bonds is 7. The summed E-state index contributed by atoms with van der Waals surface area (Å²) >= 11 is 6.04. The average molecular weight is 329 g/mol. The number of benzene rings is 1. The van der Waals surface area contributed by atoms with Gasteiger partial charge in [0.1, 0.15) is 5.75 Å². The molecule has 0 atom stereocenters. The molecule has 0 saturated carbocycles. The predicted molar refractivity (Wildman–Crippen MR) is 85.7 cm³/mol. The van der Waals surface area contributed by atoms with E-state index in [9.17, 15) is 9.59 Å². The van der Waals surface area contributed by atoms with Crippen LogP contribution in [0, 0.1) is 0 Å². The molecule has 6 nitrogen and oxygen atoms in total. The summed E-state index contributed by atoms with van der Waals surface area (Å²) in [4.78, 5) is 22.6. The summed E-state index contributed by atoms with van der Waals surface area (Å²) in [6, 6.07) is 4.53. The Morgan fingerprint density at radius 2 is 2.05 bits per heavy atom. The van der Waals surface area contributed by atoms with E-state index in [0.29, 0.717) is 29.5 Å². The number of ether oxygens (including phenoxy) is 1. The monoisotopic (exact) mass is 328 g/mol. The van der Waals surface area contributed by atoms with Crippen LogP contribution in [0.2, 0.25) is 5.02 Å². The van der Waals surface area contributed by atoms with Gasteiger partial charge >= 0.3 is 12.0 Å². The molecule has 122 valence electrons. The molecule has 3 N–H and O–H groups in total. The molecular weight excluding hydrogens is 308 g/mol. The first-order valence-corrected chi connectivity index (χ1v) is 7.34. The second-order valence-electron chi connectivity index (χ2n) is 5.43. The van der Waals surface area contributed by atoms with Crippen molar-refractivity contribution in [1.29, 1.82) is 0 Å². The van der Waals surface area contributed by atoms with Gasteiger partial charge in [0.2, 0.25) is 0 Å². The Labute approximate surface area is 134 Å². The van der Waals surface area contributed by atoms with E-state index < -0.39 is 17.5 Å².